The number of aromatic carboxylic acids is 1. The van der Waals surface area contributed by atoms with E-state index >= 15 is 0 Å². The van der Waals surface area contributed by atoms with Crippen LogP contribution >= 0.6 is 0 Å². The highest BCUT2D eigenvalue weighted by Crippen LogP contribution is 2.21. The van der Waals surface area contributed by atoms with Crippen LogP contribution in [0.3, 0.4) is 0 Å². The Labute approximate surface area is 82.2 Å². The molecule has 0 aromatic heterocycles. The van der Waals surface area contributed by atoms with E-state index in [0.29, 0.717) is 0 Å². The Morgan fingerprint density at radius 2 is 2.14 bits per heavy atom. The standard InChI is InChI=1S/C10H13NO3/c1-6(11-2)7-3-4-9(12)8(5-7)10(13)14/h3-6,11-12H,1-2H3,(H,13,14)/t6-/m1/s1. The summed E-state index contributed by atoms with van der Waals surface area (Å²) >= 11 is 0. The number of carboxylic acids is 1. The highest BCUT2D eigenvalue weighted by Gasteiger charge is 2.12. The van der Waals surface area contributed by atoms with Gasteiger partial charge in [0.15, 0.2) is 0 Å². The molecule has 0 unspecified atom stereocenters. The van der Waals surface area contributed by atoms with Crippen molar-refractivity contribution in [2.24, 2.45) is 0 Å². The van der Waals surface area contributed by atoms with E-state index in [4.69, 9.17) is 5.11 Å². The van der Waals surface area contributed by atoms with Crippen LogP contribution in [0, 0.1) is 0 Å². The van der Waals surface area contributed by atoms with Gasteiger partial charge in [0.05, 0.1) is 0 Å². The second kappa shape index (κ2) is 4.11. The molecule has 0 spiro atoms. The number of carbonyl (C=O) groups is 1. The van der Waals surface area contributed by atoms with E-state index in [1.807, 2.05) is 6.92 Å². The Hall–Kier alpha value is -1.55. The maximum absolute atomic E-state index is 10.7. The largest absolute Gasteiger partial charge is 0.507 e. The minimum Gasteiger partial charge on any atom is -0.507 e. The molecule has 0 saturated carbocycles. The average Bonchev–Trinajstić information content (AvgIpc) is 2.17. The molecule has 0 heterocycles. The average molecular weight is 195 g/mol. The smallest absolute Gasteiger partial charge is 0.339 e. The fourth-order valence-corrected chi connectivity index (χ4v) is 1.16. The van der Waals surface area contributed by atoms with Crippen LogP contribution in [0.25, 0.3) is 0 Å². The van der Waals surface area contributed by atoms with Crippen molar-refractivity contribution in [1.29, 1.82) is 0 Å². The van der Waals surface area contributed by atoms with E-state index in [1.54, 1.807) is 13.1 Å². The van der Waals surface area contributed by atoms with Crippen molar-refractivity contribution in [3.05, 3.63) is 29.3 Å². The number of carboxylic acid groups (broad SMARTS) is 1. The molecule has 0 aliphatic rings. The van der Waals surface area contributed by atoms with Crippen LogP contribution in [0.4, 0.5) is 0 Å². The van der Waals surface area contributed by atoms with Gasteiger partial charge in [-0.05, 0) is 31.7 Å². The maximum atomic E-state index is 10.7. The third kappa shape index (κ3) is 2.03. The lowest BCUT2D eigenvalue weighted by atomic mass is 10.0. The summed E-state index contributed by atoms with van der Waals surface area (Å²) in [6.07, 6.45) is 0. The third-order valence-electron chi connectivity index (χ3n) is 2.18. The van der Waals surface area contributed by atoms with Gasteiger partial charge >= 0.3 is 5.97 Å². The minimum absolute atomic E-state index is 0.0636. The Morgan fingerprint density at radius 3 is 2.64 bits per heavy atom. The van der Waals surface area contributed by atoms with Gasteiger partial charge in [-0.1, -0.05) is 6.07 Å². The molecule has 3 N–H and O–H groups in total. The second-order valence-electron chi connectivity index (χ2n) is 3.09. The molecule has 76 valence electrons. The number of hydrogen-bond donors (Lipinski definition) is 3. The topological polar surface area (TPSA) is 69.6 Å². The summed E-state index contributed by atoms with van der Waals surface area (Å²) in [5, 5.41) is 21.0. The SMILES string of the molecule is CN[C@H](C)c1ccc(O)c(C(=O)O)c1. The van der Waals surface area contributed by atoms with Gasteiger partial charge in [0.25, 0.3) is 0 Å². The summed E-state index contributed by atoms with van der Waals surface area (Å²) in [6, 6.07) is 4.63. The lowest BCUT2D eigenvalue weighted by Crippen LogP contribution is -2.13. The van der Waals surface area contributed by atoms with Crippen LogP contribution in [-0.4, -0.2) is 23.2 Å². The summed E-state index contributed by atoms with van der Waals surface area (Å²) in [5.74, 6) is -1.32. The number of hydrogen-bond acceptors (Lipinski definition) is 3. The van der Waals surface area contributed by atoms with E-state index in [0.717, 1.165) is 5.56 Å². The highest BCUT2D eigenvalue weighted by atomic mass is 16.4. The monoisotopic (exact) mass is 195 g/mol. The Kier molecular flexibility index (Phi) is 3.09. The molecule has 0 aliphatic carbocycles. The summed E-state index contributed by atoms with van der Waals surface area (Å²) in [6.45, 7) is 1.91. The van der Waals surface area contributed by atoms with Crippen molar-refractivity contribution >= 4 is 5.97 Å². The number of aromatic hydroxyl groups is 1. The first kappa shape index (κ1) is 10.5. The molecule has 4 nitrogen and oxygen atoms in total. The molecule has 0 saturated heterocycles. The Bertz CT molecular complexity index is 349. The zero-order valence-electron chi connectivity index (χ0n) is 8.11. The highest BCUT2D eigenvalue weighted by molar-refractivity contribution is 5.90. The van der Waals surface area contributed by atoms with Crippen LogP contribution in [0.15, 0.2) is 18.2 Å². The summed E-state index contributed by atoms with van der Waals surface area (Å²) < 4.78 is 0. The van der Waals surface area contributed by atoms with Gasteiger partial charge in [0.2, 0.25) is 0 Å². The molecule has 14 heavy (non-hydrogen) atoms. The van der Waals surface area contributed by atoms with Crippen molar-refractivity contribution in [3.8, 4) is 5.75 Å². The lowest BCUT2D eigenvalue weighted by molar-refractivity contribution is 0.0693. The summed E-state index contributed by atoms with van der Waals surface area (Å²) in [5.41, 5.74) is 0.771. The zero-order valence-corrected chi connectivity index (χ0v) is 8.11. The van der Waals surface area contributed by atoms with Gasteiger partial charge in [-0.2, -0.15) is 0 Å². The van der Waals surface area contributed by atoms with E-state index in [9.17, 15) is 9.90 Å². The van der Waals surface area contributed by atoms with Gasteiger partial charge in [0.1, 0.15) is 11.3 Å². The molecule has 0 bridgehead atoms. The number of phenols is 1. The molecule has 4 heteroatoms. The van der Waals surface area contributed by atoms with E-state index in [1.165, 1.54) is 12.1 Å². The van der Waals surface area contributed by atoms with Gasteiger partial charge in [-0.15, -0.1) is 0 Å². The Morgan fingerprint density at radius 1 is 1.50 bits per heavy atom. The number of rotatable bonds is 3. The minimum atomic E-state index is -1.12. The molecular weight excluding hydrogens is 182 g/mol. The molecule has 1 aromatic carbocycles. The van der Waals surface area contributed by atoms with E-state index < -0.39 is 5.97 Å². The maximum Gasteiger partial charge on any atom is 0.339 e. The normalized spacial score (nSPS) is 12.4. The molecular formula is C10H13NO3. The first-order valence-corrected chi connectivity index (χ1v) is 4.29. The molecule has 1 atom stereocenters. The van der Waals surface area contributed by atoms with E-state index in [-0.39, 0.29) is 17.4 Å². The van der Waals surface area contributed by atoms with Gasteiger partial charge in [-0.25, -0.2) is 4.79 Å². The van der Waals surface area contributed by atoms with Gasteiger partial charge in [-0.3, -0.25) is 0 Å². The number of benzene rings is 1. The van der Waals surface area contributed by atoms with Crippen molar-refractivity contribution in [1.82, 2.24) is 5.32 Å². The predicted molar refractivity (Wildman–Crippen MR) is 52.5 cm³/mol. The molecule has 1 aromatic rings. The summed E-state index contributed by atoms with van der Waals surface area (Å²) in [4.78, 5) is 10.7. The van der Waals surface area contributed by atoms with Gasteiger partial charge < -0.3 is 15.5 Å². The van der Waals surface area contributed by atoms with Crippen LogP contribution in [-0.2, 0) is 0 Å². The van der Waals surface area contributed by atoms with E-state index in [2.05, 4.69) is 5.32 Å². The van der Waals surface area contributed by atoms with Crippen LogP contribution in [0.5, 0.6) is 5.75 Å². The molecule has 0 radical (unpaired) electrons. The third-order valence-corrected chi connectivity index (χ3v) is 2.18. The first-order valence-electron chi connectivity index (χ1n) is 4.29. The molecule has 0 fully saturated rings. The van der Waals surface area contributed by atoms with Crippen molar-refractivity contribution < 1.29 is 15.0 Å². The first-order chi connectivity index (χ1) is 6.56. The number of nitrogens with one attached hydrogen (secondary N) is 1. The van der Waals surface area contributed by atoms with Crippen LogP contribution in [0.2, 0.25) is 0 Å². The van der Waals surface area contributed by atoms with Crippen molar-refractivity contribution in [2.75, 3.05) is 7.05 Å². The predicted octanol–water partition coefficient (Wildman–Crippen LogP) is 1.37. The molecule has 1 rings (SSSR count). The summed E-state index contributed by atoms with van der Waals surface area (Å²) in [7, 11) is 1.79. The van der Waals surface area contributed by atoms with Gasteiger partial charge in [0, 0.05) is 6.04 Å². The Balaban J connectivity index is 3.12. The van der Waals surface area contributed by atoms with Crippen molar-refractivity contribution in [2.45, 2.75) is 13.0 Å². The van der Waals surface area contributed by atoms with Crippen LogP contribution < -0.4 is 5.32 Å². The van der Waals surface area contributed by atoms with Crippen molar-refractivity contribution in [3.63, 3.8) is 0 Å². The lowest BCUT2D eigenvalue weighted by Gasteiger charge is -2.11. The molecule has 0 amide bonds. The fraction of sp³-hybridized carbons (Fsp3) is 0.300. The molecule has 0 aliphatic heterocycles. The zero-order chi connectivity index (χ0) is 10.7. The fourth-order valence-electron chi connectivity index (χ4n) is 1.16. The van der Waals surface area contributed by atoms with Crippen LogP contribution in [0.1, 0.15) is 28.9 Å². The second-order valence-corrected chi connectivity index (χ2v) is 3.09. The quantitative estimate of drug-likeness (QED) is 0.681.